The molecule has 0 aliphatic carbocycles. The third-order valence-electron chi connectivity index (χ3n) is 3.55. The number of nitrogens with zero attached hydrogens (tertiary/aromatic N) is 1. The van der Waals surface area contributed by atoms with Gasteiger partial charge in [0.15, 0.2) is 0 Å². The zero-order chi connectivity index (χ0) is 15.2. The predicted molar refractivity (Wildman–Crippen MR) is 75.3 cm³/mol. The molecule has 0 saturated carbocycles. The van der Waals surface area contributed by atoms with Gasteiger partial charge < -0.3 is 10.4 Å². The number of non-ortho nitro benzene ring substituents is 1. The fourth-order valence-corrected chi connectivity index (χ4v) is 2.00. The second-order valence-corrected chi connectivity index (χ2v) is 4.80. The smallest absolute Gasteiger partial charge is 0.269 e. The zero-order valence-corrected chi connectivity index (χ0v) is 11.8. The Morgan fingerprint density at radius 1 is 1.40 bits per heavy atom. The summed E-state index contributed by atoms with van der Waals surface area (Å²) >= 11 is 0. The molecule has 0 radical (unpaired) electrons. The van der Waals surface area contributed by atoms with Crippen molar-refractivity contribution >= 4 is 11.6 Å². The summed E-state index contributed by atoms with van der Waals surface area (Å²) in [5, 5.41) is 22.9. The van der Waals surface area contributed by atoms with E-state index in [-0.39, 0.29) is 24.6 Å². The SMILES string of the molecule is CCC(CC)(CO)NC(=O)Cc1cccc([N+](=O)[O-])c1. The van der Waals surface area contributed by atoms with E-state index in [1.165, 1.54) is 12.1 Å². The van der Waals surface area contributed by atoms with Crippen molar-refractivity contribution < 1.29 is 14.8 Å². The van der Waals surface area contributed by atoms with Crippen LogP contribution in [-0.2, 0) is 11.2 Å². The van der Waals surface area contributed by atoms with Gasteiger partial charge in [-0.1, -0.05) is 26.0 Å². The maximum atomic E-state index is 12.0. The number of aliphatic hydroxyl groups is 1. The van der Waals surface area contributed by atoms with Crippen molar-refractivity contribution in [3.63, 3.8) is 0 Å². The summed E-state index contributed by atoms with van der Waals surface area (Å²) in [5.41, 5.74) is -0.0666. The molecule has 6 nitrogen and oxygen atoms in total. The van der Waals surface area contributed by atoms with Gasteiger partial charge in [-0.05, 0) is 18.4 Å². The fraction of sp³-hybridized carbons (Fsp3) is 0.500. The number of rotatable bonds is 7. The molecule has 2 N–H and O–H groups in total. The van der Waals surface area contributed by atoms with Crippen LogP contribution in [0.1, 0.15) is 32.3 Å². The molecule has 0 fully saturated rings. The number of carbonyl (C=O) groups excluding carboxylic acids is 1. The van der Waals surface area contributed by atoms with Crippen molar-refractivity contribution in [3.8, 4) is 0 Å². The average molecular weight is 280 g/mol. The van der Waals surface area contributed by atoms with Crippen LogP contribution in [0.5, 0.6) is 0 Å². The second kappa shape index (κ2) is 7.00. The van der Waals surface area contributed by atoms with Gasteiger partial charge in [0.2, 0.25) is 5.91 Å². The summed E-state index contributed by atoms with van der Waals surface area (Å²) in [5.74, 6) is -0.247. The van der Waals surface area contributed by atoms with Crippen molar-refractivity contribution in [3.05, 3.63) is 39.9 Å². The van der Waals surface area contributed by atoms with Crippen LogP contribution in [0.2, 0.25) is 0 Å². The first kappa shape index (κ1) is 16.1. The first-order valence-electron chi connectivity index (χ1n) is 6.61. The quantitative estimate of drug-likeness (QED) is 0.588. The highest BCUT2D eigenvalue weighted by Gasteiger charge is 2.27. The Hall–Kier alpha value is -1.95. The lowest BCUT2D eigenvalue weighted by Crippen LogP contribution is -2.51. The van der Waals surface area contributed by atoms with Gasteiger partial charge in [0.25, 0.3) is 5.69 Å². The molecule has 1 amide bonds. The van der Waals surface area contributed by atoms with Crippen molar-refractivity contribution in [2.24, 2.45) is 0 Å². The van der Waals surface area contributed by atoms with Crippen LogP contribution in [0.3, 0.4) is 0 Å². The lowest BCUT2D eigenvalue weighted by Gasteiger charge is -2.30. The van der Waals surface area contributed by atoms with Crippen LogP contribution in [0.25, 0.3) is 0 Å². The molecule has 0 bridgehead atoms. The predicted octanol–water partition coefficient (Wildman–Crippen LogP) is 1.80. The van der Waals surface area contributed by atoms with E-state index in [0.29, 0.717) is 18.4 Å². The number of nitro groups is 1. The van der Waals surface area contributed by atoms with Crippen LogP contribution in [-0.4, -0.2) is 28.1 Å². The van der Waals surface area contributed by atoms with Gasteiger partial charge in [0, 0.05) is 12.1 Å². The summed E-state index contributed by atoms with van der Waals surface area (Å²) in [6.45, 7) is 3.67. The van der Waals surface area contributed by atoms with Crippen LogP contribution in [0.15, 0.2) is 24.3 Å². The molecular weight excluding hydrogens is 260 g/mol. The van der Waals surface area contributed by atoms with Gasteiger partial charge in [-0.15, -0.1) is 0 Å². The number of amides is 1. The normalized spacial score (nSPS) is 11.2. The molecule has 20 heavy (non-hydrogen) atoms. The van der Waals surface area contributed by atoms with E-state index in [2.05, 4.69) is 5.32 Å². The third-order valence-corrected chi connectivity index (χ3v) is 3.55. The number of benzene rings is 1. The number of aliphatic hydroxyl groups excluding tert-OH is 1. The highest BCUT2D eigenvalue weighted by Crippen LogP contribution is 2.16. The van der Waals surface area contributed by atoms with Crippen LogP contribution >= 0.6 is 0 Å². The van der Waals surface area contributed by atoms with E-state index in [4.69, 9.17) is 0 Å². The minimum atomic E-state index is -0.613. The van der Waals surface area contributed by atoms with E-state index in [9.17, 15) is 20.0 Å². The molecule has 0 spiro atoms. The molecule has 0 aliphatic heterocycles. The van der Waals surface area contributed by atoms with E-state index < -0.39 is 10.5 Å². The first-order valence-corrected chi connectivity index (χ1v) is 6.61. The molecule has 1 rings (SSSR count). The van der Waals surface area contributed by atoms with Gasteiger partial charge in [-0.2, -0.15) is 0 Å². The second-order valence-electron chi connectivity index (χ2n) is 4.80. The van der Waals surface area contributed by atoms with E-state index in [1.54, 1.807) is 12.1 Å². The molecule has 0 aromatic heterocycles. The molecule has 0 unspecified atom stereocenters. The molecule has 0 aliphatic rings. The largest absolute Gasteiger partial charge is 0.394 e. The molecular formula is C14H20N2O4. The minimum absolute atomic E-state index is 0.0327. The molecule has 1 aromatic carbocycles. The van der Waals surface area contributed by atoms with E-state index >= 15 is 0 Å². The Kier molecular flexibility index (Phi) is 5.64. The summed E-state index contributed by atoms with van der Waals surface area (Å²) < 4.78 is 0. The molecule has 110 valence electrons. The number of hydrogen-bond donors (Lipinski definition) is 2. The van der Waals surface area contributed by atoms with Gasteiger partial charge in [0.1, 0.15) is 0 Å². The maximum Gasteiger partial charge on any atom is 0.269 e. The minimum Gasteiger partial charge on any atom is -0.394 e. The van der Waals surface area contributed by atoms with E-state index in [0.717, 1.165) is 0 Å². The number of hydrogen-bond acceptors (Lipinski definition) is 4. The average Bonchev–Trinajstić information content (AvgIpc) is 2.45. The summed E-state index contributed by atoms with van der Waals surface area (Å²) in [6.07, 6.45) is 1.31. The summed E-state index contributed by atoms with van der Waals surface area (Å²) in [6, 6.07) is 6.00. The Balaban J connectivity index is 2.76. The van der Waals surface area contributed by atoms with Gasteiger partial charge in [-0.3, -0.25) is 14.9 Å². The summed E-state index contributed by atoms with van der Waals surface area (Å²) in [7, 11) is 0. The highest BCUT2D eigenvalue weighted by atomic mass is 16.6. The standard InChI is InChI=1S/C14H20N2O4/c1-3-14(4-2,10-17)15-13(18)9-11-6-5-7-12(8-11)16(19)20/h5-8,17H,3-4,9-10H2,1-2H3,(H,15,18). The van der Waals surface area contributed by atoms with Crippen molar-refractivity contribution in [2.75, 3.05) is 6.61 Å². The van der Waals surface area contributed by atoms with Gasteiger partial charge in [-0.25, -0.2) is 0 Å². The van der Waals surface area contributed by atoms with E-state index in [1.807, 2.05) is 13.8 Å². The monoisotopic (exact) mass is 280 g/mol. The number of nitrogens with one attached hydrogen (secondary N) is 1. The van der Waals surface area contributed by atoms with Crippen LogP contribution < -0.4 is 5.32 Å². The third kappa shape index (κ3) is 4.03. The fourth-order valence-electron chi connectivity index (χ4n) is 2.00. The Morgan fingerprint density at radius 3 is 2.55 bits per heavy atom. The van der Waals surface area contributed by atoms with Crippen molar-refractivity contribution in [1.29, 1.82) is 0 Å². The van der Waals surface area contributed by atoms with Gasteiger partial charge >= 0.3 is 0 Å². The van der Waals surface area contributed by atoms with Crippen molar-refractivity contribution in [2.45, 2.75) is 38.6 Å². The molecule has 6 heteroatoms. The van der Waals surface area contributed by atoms with Gasteiger partial charge in [0.05, 0.1) is 23.5 Å². The number of nitro benzene ring substituents is 1. The Morgan fingerprint density at radius 2 is 2.05 bits per heavy atom. The number of carbonyl (C=O) groups is 1. The molecule has 1 aromatic rings. The first-order chi connectivity index (χ1) is 9.46. The van der Waals surface area contributed by atoms with Crippen LogP contribution in [0, 0.1) is 10.1 Å². The van der Waals surface area contributed by atoms with Crippen LogP contribution in [0.4, 0.5) is 5.69 Å². The lowest BCUT2D eigenvalue weighted by atomic mass is 9.93. The maximum absolute atomic E-state index is 12.0. The molecule has 0 saturated heterocycles. The Labute approximate surface area is 118 Å². The molecule has 0 heterocycles. The van der Waals surface area contributed by atoms with Crippen molar-refractivity contribution in [1.82, 2.24) is 5.32 Å². The topological polar surface area (TPSA) is 92.5 Å². The zero-order valence-electron chi connectivity index (χ0n) is 11.8. The lowest BCUT2D eigenvalue weighted by molar-refractivity contribution is -0.384. The molecule has 0 atom stereocenters. The Bertz CT molecular complexity index is 476. The highest BCUT2D eigenvalue weighted by molar-refractivity contribution is 5.79. The summed E-state index contributed by atoms with van der Waals surface area (Å²) in [4.78, 5) is 22.2.